The van der Waals surface area contributed by atoms with Crippen LogP contribution in [0.4, 0.5) is 13.2 Å². The van der Waals surface area contributed by atoms with Crippen molar-refractivity contribution in [3.05, 3.63) is 51.6 Å². The van der Waals surface area contributed by atoms with E-state index in [2.05, 4.69) is 9.97 Å². The third-order valence-corrected chi connectivity index (χ3v) is 3.84. The predicted molar refractivity (Wildman–Crippen MR) is 79.2 cm³/mol. The number of benzene rings is 2. The van der Waals surface area contributed by atoms with E-state index >= 15 is 0 Å². The lowest BCUT2D eigenvalue weighted by atomic mass is 10.1. The highest BCUT2D eigenvalue weighted by Gasteiger charge is 2.35. The van der Waals surface area contributed by atoms with Crippen molar-refractivity contribution in [3.8, 4) is 11.4 Å². The summed E-state index contributed by atoms with van der Waals surface area (Å²) < 4.78 is 39.9. The zero-order chi connectivity index (χ0) is 14.3. The molecule has 0 aliphatic heterocycles. The average molecular weight is 388 g/mol. The van der Waals surface area contributed by atoms with Gasteiger partial charge in [-0.25, -0.2) is 4.98 Å². The van der Waals surface area contributed by atoms with Gasteiger partial charge in [0.2, 0.25) is 0 Å². The van der Waals surface area contributed by atoms with Crippen LogP contribution >= 0.6 is 22.6 Å². The van der Waals surface area contributed by atoms with Crippen molar-refractivity contribution in [2.24, 2.45) is 0 Å². The van der Waals surface area contributed by atoms with Crippen LogP contribution in [0.15, 0.2) is 42.5 Å². The maximum Gasteiger partial charge on any atom is 0.417 e. The van der Waals surface area contributed by atoms with Crippen LogP contribution < -0.4 is 0 Å². The van der Waals surface area contributed by atoms with Crippen LogP contribution in [-0.4, -0.2) is 9.97 Å². The van der Waals surface area contributed by atoms with Gasteiger partial charge in [-0.05, 0) is 46.9 Å². The summed E-state index contributed by atoms with van der Waals surface area (Å²) in [6.45, 7) is 0. The summed E-state index contributed by atoms with van der Waals surface area (Å²) in [5.41, 5.74) is 0.783. The molecule has 0 spiro atoms. The van der Waals surface area contributed by atoms with Gasteiger partial charge in [0.15, 0.2) is 0 Å². The predicted octanol–water partition coefficient (Wildman–Crippen LogP) is 4.85. The van der Waals surface area contributed by atoms with Gasteiger partial charge in [0.25, 0.3) is 0 Å². The monoisotopic (exact) mass is 388 g/mol. The number of halogens is 4. The van der Waals surface area contributed by atoms with Crippen molar-refractivity contribution in [1.82, 2.24) is 9.97 Å². The van der Waals surface area contributed by atoms with E-state index in [1.165, 1.54) is 6.07 Å². The molecule has 0 bridgehead atoms. The molecule has 0 saturated carbocycles. The van der Waals surface area contributed by atoms with Gasteiger partial charge in [0.05, 0.1) is 16.6 Å². The van der Waals surface area contributed by atoms with Crippen LogP contribution in [-0.2, 0) is 6.18 Å². The quantitative estimate of drug-likeness (QED) is 0.593. The smallest absolute Gasteiger partial charge is 0.338 e. The molecule has 0 unspecified atom stereocenters. The number of aromatic nitrogens is 2. The molecule has 0 aliphatic carbocycles. The lowest BCUT2D eigenvalue weighted by Gasteiger charge is -2.12. The number of para-hydroxylation sites is 2. The minimum absolute atomic E-state index is 0.0943. The molecule has 0 radical (unpaired) electrons. The van der Waals surface area contributed by atoms with Crippen LogP contribution in [0.2, 0.25) is 0 Å². The molecule has 1 N–H and O–H groups in total. The highest BCUT2D eigenvalue weighted by molar-refractivity contribution is 14.1. The van der Waals surface area contributed by atoms with Crippen molar-refractivity contribution in [2.45, 2.75) is 6.18 Å². The Kier molecular flexibility index (Phi) is 3.19. The number of imidazole rings is 1. The van der Waals surface area contributed by atoms with Crippen molar-refractivity contribution < 1.29 is 13.2 Å². The fourth-order valence-electron chi connectivity index (χ4n) is 2.07. The Bertz CT molecular complexity index is 744. The number of nitrogens with one attached hydrogen (secondary N) is 1. The van der Waals surface area contributed by atoms with Crippen molar-refractivity contribution in [1.29, 1.82) is 0 Å². The van der Waals surface area contributed by atoms with Gasteiger partial charge in [-0.15, -0.1) is 0 Å². The van der Waals surface area contributed by atoms with E-state index < -0.39 is 11.7 Å². The van der Waals surface area contributed by atoms with Crippen LogP contribution in [0, 0.1) is 3.57 Å². The van der Waals surface area contributed by atoms with Gasteiger partial charge in [-0.2, -0.15) is 13.2 Å². The number of hydrogen-bond acceptors (Lipinski definition) is 1. The lowest BCUT2D eigenvalue weighted by molar-refractivity contribution is -0.137. The maximum atomic E-state index is 13.1. The summed E-state index contributed by atoms with van der Waals surface area (Å²) in [7, 11) is 0. The fraction of sp³-hybridized carbons (Fsp3) is 0.0714. The average Bonchev–Trinajstić information content (AvgIpc) is 2.80. The van der Waals surface area contributed by atoms with E-state index in [9.17, 15) is 13.2 Å². The zero-order valence-electron chi connectivity index (χ0n) is 10.0. The number of hydrogen-bond donors (Lipinski definition) is 1. The molecule has 20 heavy (non-hydrogen) atoms. The number of nitrogens with zero attached hydrogens (tertiary/aromatic N) is 1. The molecule has 6 heteroatoms. The van der Waals surface area contributed by atoms with E-state index in [-0.39, 0.29) is 11.4 Å². The lowest BCUT2D eigenvalue weighted by Crippen LogP contribution is -2.08. The Morgan fingerprint density at radius 3 is 2.45 bits per heavy atom. The van der Waals surface area contributed by atoms with Gasteiger partial charge in [0, 0.05) is 9.13 Å². The second kappa shape index (κ2) is 4.76. The van der Waals surface area contributed by atoms with E-state index in [1.54, 1.807) is 24.3 Å². The first kappa shape index (κ1) is 13.4. The van der Waals surface area contributed by atoms with Crippen LogP contribution in [0.3, 0.4) is 0 Å². The fourth-order valence-corrected chi connectivity index (χ4v) is 2.83. The van der Waals surface area contributed by atoms with Gasteiger partial charge in [0.1, 0.15) is 5.82 Å². The van der Waals surface area contributed by atoms with Crippen molar-refractivity contribution >= 4 is 33.6 Å². The first-order chi connectivity index (χ1) is 9.47. The first-order valence-corrected chi connectivity index (χ1v) is 6.85. The van der Waals surface area contributed by atoms with Gasteiger partial charge in [-0.3, -0.25) is 0 Å². The third kappa shape index (κ3) is 2.28. The summed E-state index contributed by atoms with van der Waals surface area (Å²) in [6, 6.07) is 11.3. The molecule has 1 heterocycles. The molecule has 2 nitrogen and oxygen atoms in total. The maximum absolute atomic E-state index is 13.1. The molecule has 102 valence electrons. The highest BCUT2D eigenvalue weighted by atomic mass is 127. The topological polar surface area (TPSA) is 28.7 Å². The van der Waals surface area contributed by atoms with E-state index in [0.29, 0.717) is 9.09 Å². The van der Waals surface area contributed by atoms with Crippen LogP contribution in [0.5, 0.6) is 0 Å². The summed E-state index contributed by atoms with van der Waals surface area (Å²) >= 11 is 1.89. The van der Waals surface area contributed by atoms with Crippen LogP contribution in [0.1, 0.15) is 5.56 Å². The Balaban J connectivity index is 2.28. The second-order valence-electron chi connectivity index (χ2n) is 4.26. The van der Waals surface area contributed by atoms with E-state index in [0.717, 1.165) is 11.6 Å². The minimum atomic E-state index is -4.41. The summed E-state index contributed by atoms with van der Waals surface area (Å²) in [4.78, 5) is 7.21. The molecule has 0 aliphatic rings. The number of alkyl halides is 3. The standard InChI is InChI=1S/C14H8F3IN2/c15-14(16,17)8-4-3-5-9(18)12(8)13-19-10-6-1-2-7-11(10)20-13/h1-7H,(H,19,20). The third-order valence-electron chi connectivity index (χ3n) is 2.95. The largest absolute Gasteiger partial charge is 0.417 e. The molecule has 2 aromatic carbocycles. The first-order valence-electron chi connectivity index (χ1n) is 5.77. The Morgan fingerprint density at radius 1 is 1.00 bits per heavy atom. The minimum Gasteiger partial charge on any atom is -0.338 e. The molecule has 1 aromatic heterocycles. The number of H-pyrrole nitrogens is 1. The zero-order valence-corrected chi connectivity index (χ0v) is 12.2. The summed E-state index contributed by atoms with van der Waals surface area (Å²) in [6.07, 6.45) is -4.41. The number of aromatic amines is 1. The Labute approximate surface area is 126 Å². The van der Waals surface area contributed by atoms with Crippen LogP contribution in [0.25, 0.3) is 22.4 Å². The van der Waals surface area contributed by atoms with Gasteiger partial charge < -0.3 is 4.98 Å². The molecule has 0 atom stereocenters. The SMILES string of the molecule is FC(F)(F)c1cccc(I)c1-c1nc2ccccc2[nH]1. The number of rotatable bonds is 1. The molecule has 0 amide bonds. The molecular weight excluding hydrogens is 380 g/mol. The van der Waals surface area contributed by atoms with Crippen molar-refractivity contribution in [3.63, 3.8) is 0 Å². The molecular formula is C14H8F3IN2. The normalized spacial score (nSPS) is 12.0. The summed E-state index contributed by atoms with van der Waals surface area (Å²) in [5.74, 6) is 0.239. The second-order valence-corrected chi connectivity index (χ2v) is 5.42. The summed E-state index contributed by atoms with van der Waals surface area (Å²) in [5, 5.41) is 0. The molecule has 3 aromatic rings. The van der Waals surface area contributed by atoms with Gasteiger partial charge in [-0.1, -0.05) is 18.2 Å². The Hall–Kier alpha value is -1.57. The number of fused-ring (bicyclic) bond motifs is 1. The van der Waals surface area contributed by atoms with E-state index in [1.807, 2.05) is 28.7 Å². The molecule has 0 saturated heterocycles. The van der Waals surface area contributed by atoms with E-state index in [4.69, 9.17) is 0 Å². The molecule has 0 fully saturated rings. The van der Waals surface area contributed by atoms with Crippen molar-refractivity contribution in [2.75, 3.05) is 0 Å². The molecule has 3 rings (SSSR count). The van der Waals surface area contributed by atoms with Gasteiger partial charge >= 0.3 is 6.18 Å². The Morgan fingerprint density at radius 2 is 1.75 bits per heavy atom. The highest BCUT2D eigenvalue weighted by Crippen LogP contribution is 2.38.